The summed E-state index contributed by atoms with van der Waals surface area (Å²) in [4.78, 5) is 31.7. The number of hydrogen-bond acceptors (Lipinski definition) is 4. The first-order valence-corrected chi connectivity index (χ1v) is 11.5. The van der Waals surface area contributed by atoms with Crippen molar-refractivity contribution >= 4 is 39.1 Å². The summed E-state index contributed by atoms with van der Waals surface area (Å²) in [5, 5.41) is 4.02. The zero-order valence-electron chi connectivity index (χ0n) is 17.1. The lowest BCUT2D eigenvalue weighted by Gasteiger charge is -2.32. The molecule has 5 nitrogen and oxygen atoms in total. The van der Waals surface area contributed by atoms with Crippen LogP contribution < -0.4 is 5.32 Å². The molecule has 1 unspecified atom stereocenters. The molecule has 0 spiro atoms. The van der Waals surface area contributed by atoms with Crippen LogP contribution >= 0.6 is 11.3 Å². The lowest BCUT2D eigenvalue weighted by Crippen LogP contribution is -2.44. The molecule has 1 saturated carbocycles. The maximum absolute atomic E-state index is 12.8. The van der Waals surface area contributed by atoms with Gasteiger partial charge in [-0.25, -0.2) is 4.98 Å². The van der Waals surface area contributed by atoms with E-state index in [1.165, 1.54) is 10.3 Å². The van der Waals surface area contributed by atoms with Gasteiger partial charge in [0.25, 0.3) is 0 Å². The number of anilines is 1. The molecule has 6 heteroatoms. The Balaban J connectivity index is 1.25. The number of rotatable bonds is 4. The highest BCUT2D eigenvalue weighted by Crippen LogP contribution is 2.33. The van der Waals surface area contributed by atoms with Gasteiger partial charge in [-0.05, 0) is 74.6 Å². The van der Waals surface area contributed by atoms with Gasteiger partial charge in [0.1, 0.15) is 5.01 Å². The summed E-state index contributed by atoms with van der Waals surface area (Å²) in [5.41, 5.74) is 4.08. The second-order valence-corrected chi connectivity index (χ2v) is 9.49. The van der Waals surface area contributed by atoms with Crippen molar-refractivity contribution in [1.82, 2.24) is 9.88 Å². The first-order chi connectivity index (χ1) is 14.6. The fourth-order valence-electron chi connectivity index (χ4n) is 4.08. The van der Waals surface area contributed by atoms with E-state index in [1.54, 1.807) is 11.3 Å². The number of aromatic nitrogens is 1. The quantitative estimate of drug-likeness (QED) is 0.657. The number of fused-ring (bicyclic) bond motifs is 1. The van der Waals surface area contributed by atoms with Gasteiger partial charge in [0.15, 0.2) is 0 Å². The summed E-state index contributed by atoms with van der Waals surface area (Å²) in [7, 11) is 0. The van der Waals surface area contributed by atoms with Crippen LogP contribution in [0.2, 0.25) is 0 Å². The molecule has 3 aromatic rings. The largest absolute Gasteiger partial charge is 0.342 e. The molecule has 1 N–H and O–H groups in total. The lowest BCUT2D eigenvalue weighted by atomic mass is 9.96. The predicted molar refractivity (Wildman–Crippen MR) is 120 cm³/mol. The van der Waals surface area contributed by atoms with Gasteiger partial charge in [-0.2, -0.15) is 0 Å². The van der Waals surface area contributed by atoms with E-state index >= 15 is 0 Å². The standard InChI is InChI=1S/C24H25N3O2S/c1-15-4-11-20-21(13-15)30-23(26-20)16-7-9-19(10-8-16)25-22(28)18-3-2-12-27(14-18)24(29)17-5-6-17/h4,7-11,13,17-18H,2-3,5-6,12,14H2,1H3,(H,25,28). The fourth-order valence-corrected chi connectivity index (χ4v) is 5.14. The van der Waals surface area contributed by atoms with Crippen LogP contribution in [-0.2, 0) is 9.59 Å². The highest BCUT2D eigenvalue weighted by molar-refractivity contribution is 7.21. The highest BCUT2D eigenvalue weighted by atomic mass is 32.1. The second kappa shape index (κ2) is 7.84. The third kappa shape index (κ3) is 3.97. The Bertz CT molecular complexity index is 1100. The molecule has 2 amide bonds. The van der Waals surface area contributed by atoms with Crippen LogP contribution in [0.3, 0.4) is 0 Å². The van der Waals surface area contributed by atoms with Crippen LogP contribution in [0.15, 0.2) is 42.5 Å². The van der Waals surface area contributed by atoms with Gasteiger partial charge in [0, 0.05) is 30.3 Å². The number of nitrogens with zero attached hydrogens (tertiary/aromatic N) is 2. The van der Waals surface area contributed by atoms with Crippen LogP contribution in [0.4, 0.5) is 5.69 Å². The molecule has 2 heterocycles. The maximum atomic E-state index is 12.8. The Hall–Kier alpha value is -2.73. The topological polar surface area (TPSA) is 62.3 Å². The molecule has 154 valence electrons. The number of carbonyl (C=O) groups excluding carboxylic acids is 2. The van der Waals surface area contributed by atoms with Gasteiger partial charge in [0.2, 0.25) is 11.8 Å². The summed E-state index contributed by atoms with van der Waals surface area (Å²) >= 11 is 1.68. The maximum Gasteiger partial charge on any atom is 0.229 e. The Morgan fingerprint density at radius 3 is 2.63 bits per heavy atom. The molecule has 1 atom stereocenters. The monoisotopic (exact) mass is 419 g/mol. The van der Waals surface area contributed by atoms with E-state index in [4.69, 9.17) is 4.98 Å². The highest BCUT2D eigenvalue weighted by Gasteiger charge is 2.36. The van der Waals surface area contributed by atoms with Crippen LogP contribution in [0, 0.1) is 18.8 Å². The van der Waals surface area contributed by atoms with Crippen molar-refractivity contribution in [3.63, 3.8) is 0 Å². The molecule has 1 aliphatic carbocycles. The number of thiazole rings is 1. The average Bonchev–Trinajstić information content (AvgIpc) is 3.53. The van der Waals surface area contributed by atoms with Crippen molar-refractivity contribution in [1.29, 1.82) is 0 Å². The van der Waals surface area contributed by atoms with Gasteiger partial charge in [-0.1, -0.05) is 6.07 Å². The molecule has 1 aliphatic heterocycles. The van der Waals surface area contributed by atoms with Crippen LogP contribution in [0.25, 0.3) is 20.8 Å². The predicted octanol–water partition coefficient (Wildman–Crippen LogP) is 4.86. The van der Waals surface area contributed by atoms with E-state index in [-0.39, 0.29) is 23.7 Å². The molecule has 0 radical (unpaired) electrons. The van der Waals surface area contributed by atoms with E-state index in [9.17, 15) is 9.59 Å². The van der Waals surface area contributed by atoms with Gasteiger partial charge >= 0.3 is 0 Å². The van der Waals surface area contributed by atoms with Crippen LogP contribution in [0.5, 0.6) is 0 Å². The van der Waals surface area contributed by atoms with Gasteiger partial charge in [0.05, 0.1) is 16.1 Å². The van der Waals surface area contributed by atoms with Crippen molar-refractivity contribution in [3.8, 4) is 10.6 Å². The zero-order valence-corrected chi connectivity index (χ0v) is 17.9. The molecule has 30 heavy (non-hydrogen) atoms. The van der Waals surface area contributed by atoms with Crippen LogP contribution in [0.1, 0.15) is 31.2 Å². The summed E-state index contributed by atoms with van der Waals surface area (Å²) < 4.78 is 1.19. The van der Waals surface area contributed by atoms with Crippen LogP contribution in [-0.4, -0.2) is 34.8 Å². The zero-order chi connectivity index (χ0) is 20.7. The van der Waals surface area contributed by atoms with E-state index in [0.717, 1.165) is 54.0 Å². The molecule has 1 saturated heterocycles. The molecular weight excluding hydrogens is 394 g/mol. The average molecular weight is 420 g/mol. The van der Waals surface area contributed by atoms with Crippen molar-refractivity contribution in [2.24, 2.45) is 11.8 Å². The van der Waals surface area contributed by atoms with Crippen molar-refractivity contribution in [2.45, 2.75) is 32.6 Å². The molecule has 2 aliphatic rings. The van der Waals surface area contributed by atoms with Crippen molar-refractivity contribution < 1.29 is 9.59 Å². The minimum atomic E-state index is -0.131. The summed E-state index contributed by atoms with van der Waals surface area (Å²) in [6.45, 7) is 3.42. The molecule has 2 fully saturated rings. The van der Waals surface area contributed by atoms with E-state index in [1.807, 2.05) is 29.2 Å². The summed E-state index contributed by atoms with van der Waals surface area (Å²) in [6, 6.07) is 14.2. The summed E-state index contributed by atoms with van der Waals surface area (Å²) in [5.74, 6) is 0.328. The smallest absolute Gasteiger partial charge is 0.229 e. The number of aryl methyl sites for hydroxylation is 1. The first-order valence-electron chi connectivity index (χ1n) is 10.6. The number of amides is 2. The Labute approximate surface area is 180 Å². The third-order valence-electron chi connectivity index (χ3n) is 5.97. The van der Waals surface area contributed by atoms with E-state index in [2.05, 4.69) is 30.4 Å². The van der Waals surface area contributed by atoms with Gasteiger partial charge < -0.3 is 10.2 Å². The minimum Gasteiger partial charge on any atom is -0.342 e. The number of nitrogens with one attached hydrogen (secondary N) is 1. The lowest BCUT2D eigenvalue weighted by molar-refractivity contribution is -0.135. The number of hydrogen-bond donors (Lipinski definition) is 1. The molecular formula is C24H25N3O2S. The third-order valence-corrected chi connectivity index (χ3v) is 7.04. The van der Waals surface area contributed by atoms with Gasteiger partial charge in [-0.15, -0.1) is 11.3 Å². The Morgan fingerprint density at radius 2 is 1.87 bits per heavy atom. The second-order valence-electron chi connectivity index (χ2n) is 8.45. The summed E-state index contributed by atoms with van der Waals surface area (Å²) in [6.07, 6.45) is 3.75. The number of likely N-dealkylation sites (tertiary alicyclic amines) is 1. The molecule has 0 bridgehead atoms. The molecule has 5 rings (SSSR count). The number of benzene rings is 2. The number of piperidine rings is 1. The normalized spacial score (nSPS) is 19.1. The van der Waals surface area contributed by atoms with Crippen molar-refractivity contribution in [2.75, 3.05) is 18.4 Å². The van der Waals surface area contributed by atoms with E-state index in [0.29, 0.717) is 6.54 Å². The Morgan fingerprint density at radius 1 is 1.07 bits per heavy atom. The van der Waals surface area contributed by atoms with E-state index < -0.39 is 0 Å². The minimum absolute atomic E-state index is 0.00603. The Kier molecular flexibility index (Phi) is 5.03. The first kappa shape index (κ1) is 19.2. The number of carbonyl (C=O) groups is 2. The molecule has 1 aromatic heterocycles. The SMILES string of the molecule is Cc1ccc2nc(-c3ccc(NC(=O)C4CCCN(C(=O)C5CC5)C4)cc3)sc2c1. The van der Waals surface area contributed by atoms with Gasteiger partial charge in [-0.3, -0.25) is 9.59 Å². The molecule has 2 aromatic carbocycles. The fraction of sp³-hybridized carbons (Fsp3) is 0.375. The van der Waals surface area contributed by atoms with Crippen molar-refractivity contribution in [3.05, 3.63) is 48.0 Å².